The van der Waals surface area contributed by atoms with Gasteiger partial charge in [0.15, 0.2) is 9.84 Å². The molecule has 2 atom stereocenters. The van der Waals surface area contributed by atoms with Gasteiger partial charge in [0.2, 0.25) is 5.91 Å². The third kappa shape index (κ3) is 3.94. The van der Waals surface area contributed by atoms with Crippen LogP contribution in [0.25, 0.3) is 0 Å². The van der Waals surface area contributed by atoms with Crippen LogP contribution < -0.4 is 5.32 Å². The second-order valence-corrected chi connectivity index (χ2v) is 7.66. The van der Waals surface area contributed by atoms with Crippen molar-refractivity contribution in [3.05, 3.63) is 41.7 Å². The van der Waals surface area contributed by atoms with Gasteiger partial charge in [0.1, 0.15) is 10.7 Å². The number of halogens is 1. The molecule has 120 valence electrons. The van der Waals surface area contributed by atoms with E-state index in [1.54, 1.807) is 6.92 Å². The minimum atomic E-state index is -3.59. The number of nitrogens with one attached hydrogen (secondary N) is 1. The molecular weight excluding hydrogens is 305 g/mol. The molecule has 0 spiro atoms. The fourth-order valence-corrected chi connectivity index (χ4v) is 3.26. The number of allylic oxidation sites excluding steroid dienone is 2. The zero-order valence-electron chi connectivity index (χ0n) is 12.7. The SMILES string of the molecule is CC(NC(=O)C1CC=CCC1)c1ccc(S(C)(=O)=O)c(F)c1. The normalized spacial score (nSPS) is 19.7. The molecule has 0 saturated carbocycles. The smallest absolute Gasteiger partial charge is 0.223 e. The van der Waals surface area contributed by atoms with Gasteiger partial charge in [-0.05, 0) is 43.9 Å². The van der Waals surface area contributed by atoms with Gasteiger partial charge in [-0.1, -0.05) is 18.2 Å². The van der Waals surface area contributed by atoms with E-state index in [2.05, 4.69) is 11.4 Å². The summed E-state index contributed by atoms with van der Waals surface area (Å²) in [5.74, 6) is -0.890. The first-order valence-corrected chi connectivity index (χ1v) is 9.13. The van der Waals surface area contributed by atoms with E-state index in [-0.39, 0.29) is 22.8 Å². The summed E-state index contributed by atoms with van der Waals surface area (Å²) in [5.41, 5.74) is 0.546. The third-order valence-electron chi connectivity index (χ3n) is 3.85. The van der Waals surface area contributed by atoms with E-state index >= 15 is 0 Å². The lowest BCUT2D eigenvalue weighted by molar-refractivity contribution is -0.125. The lowest BCUT2D eigenvalue weighted by atomic mass is 9.93. The molecule has 0 aliphatic heterocycles. The Bertz CT molecular complexity index is 697. The minimum absolute atomic E-state index is 0.0485. The van der Waals surface area contributed by atoms with Crippen LogP contribution in [0.4, 0.5) is 4.39 Å². The number of rotatable bonds is 4. The molecule has 0 saturated heterocycles. The molecule has 2 rings (SSSR count). The van der Waals surface area contributed by atoms with Crippen molar-refractivity contribution in [2.75, 3.05) is 6.26 Å². The topological polar surface area (TPSA) is 63.2 Å². The first-order chi connectivity index (χ1) is 10.3. The van der Waals surface area contributed by atoms with Crippen molar-refractivity contribution in [1.82, 2.24) is 5.32 Å². The van der Waals surface area contributed by atoms with Gasteiger partial charge in [-0.25, -0.2) is 12.8 Å². The van der Waals surface area contributed by atoms with Crippen molar-refractivity contribution in [2.24, 2.45) is 5.92 Å². The van der Waals surface area contributed by atoms with Crippen LogP contribution in [0, 0.1) is 11.7 Å². The molecule has 1 N–H and O–H groups in total. The number of sulfone groups is 1. The lowest BCUT2D eigenvalue weighted by Gasteiger charge is -2.21. The molecular formula is C16H20FNO3S. The van der Waals surface area contributed by atoms with E-state index in [0.717, 1.165) is 25.5 Å². The van der Waals surface area contributed by atoms with Gasteiger partial charge in [-0.15, -0.1) is 0 Å². The Morgan fingerprint density at radius 1 is 1.36 bits per heavy atom. The zero-order valence-corrected chi connectivity index (χ0v) is 13.5. The largest absolute Gasteiger partial charge is 0.349 e. The van der Waals surface area contributed by atoms with Crippen LogP contribution in [0.15, 0.2) is 35.2 Å². The highest BCUT2D eigenvalue weighted by molar-refractivity contribution is 7.90. The molecule has 0 heterocycles. The summed E-state index contributed by atoms with van der Waals surface area (Å²) in [4.78, 5) is 11.8. The molecule has 4 nitrogen and oxygen atoms in total. The van der Waals surface area contributed by atoms with Crippen molar-refractivity contribution in [1.29, 1.82) is 0 Å². The molecule has 1 aromatic rings. The molecule has 1 amide bonds. The van der Waals surface area contributed by atoms with Gasteiger partial charge in [-0.2, -0.15) is 0 Å². The third-order valence-corrected chi connectivity index (χ3v) is 4.98. The van der Waals surface area contributed by atoms with Crippen molar-refractivity contribution >= 4 is 15.7 Å². The number of hydrogen-bond donors (Lipinski definition) is 1. The van der Waals surface area contributed by atoms with E-state index in [1.807, 2.05) is 6.08 Å². The van der Waals surface area contributed by atoms with E-state index in [9.17, 15) is 17.6 Å². The summed E-state index contributed by atoms with van der Waals surface area (Å²) >= 11 is 0. The van der Waals surface area contributed by atoms with Crippen LogP contribution in [0.2, 0.25) is 0 Å². The predicted octanol–water partition coefficient (Wildman–Crippen LogP) is 2.76. The first-order valence-electron chi connectivity index (χ1n) is 7.24. The molecule has 22 heavy (non-hydrogen) atoms. The van der Waals surface area contributed by atoms with E-state index in [1.165, 1.54) is 18.2 Å². The first kappa shape index (κ1) is 16.7. The van der Waals surface area contributed by atoms with Gasteiger partial charge in [-0.3, -0.25) is 4.79 Å². The second kappa shape index (κ2) is 6.60. The molecule has 1 aromatic carbocycles. The monoisotopic (exact) mass is 325 g/mol. The van der Waals surface area contributed by atoms with Crippen molar-refractivity contribution in [3.8, 4) is 0 Å². The van der Waals surface area contributed by atoms with Gasteiger partial charge >= 0.3 is 0 Å². The fraction of sp³-hybridized carbons (Fsp3) is 0.438. The van der Waals surface area contributed by atoms with Crippen LogP contribution in [-0.4, -0.2) is 20.6 Å². The number of carbonyl (C=O) groups is 1. The maximum absolute atomic E-state index is 13.9. The van der Waals surface area contributed by atoms with E-state index in [0.29, 0.717) is 5.56 Å². The van der Waals surface area contributed by atoms with E-state index in [4.69, 9.17) is 0 Å². The molecule has 0 radical (unpaired) electrons. The lowest BCUT2D eigenvalue weighted by Crippen LogP contribution is -2.33. The van der Waals surface area contributed by atoms with Gasteiger partial charge in [0.05, 0.1) is 6.04 Å². The molecule has 0 aromatic heterocycles. The fourth-order valence-electron chi connectivity index (χ4n) is 2.53. The Morgan fingerprint density at radius 2 is 2.09 bits per heavy atom. The summed E-state index contributed by atoms with van der Waals surface area (Å²) in [7, 11) is -3.59. The number of benzene rings is 1. The zero-order chi connectivity index (χ0) is 16.3. The van der Waals surface area contributed by atoms with Crippen molar-refractivity contribution in [3.63, 3.8) is 0 Å². The Morgan fingerprint density at radius 3 is 2.64 bits per heavy atom. The number of carbonyl (C=O) groups excluding carboxylic acids is 1. The minimum Gasteiger partial charge on any atom is -0.349 e. The summed E-state index contributed by atoms with van der Waals surface area (Å²) in [6.45, 7) is 1.76. The average Bonchev–Trinajstić information content (AvgIpc) is 2.46. The molecule has 1 aliphatic carbocycles. The quantitative estimate of drug-likeness (QED) is 0.866. The second-order valence-electron chi connectivity index (χ2n) is 5.67. The predicted molar refractivity (Wildman–Crippen MR) is 82.5 cm³/mol. The molecule has 2 unspecified atom stereocenters. The van der Waals surface area contributed by atoms with Crippen LogP contribution >= 0.6 is 0 Å². The summed E-state index contributed by atoms with van der Waals surface area (Å²) in [6, 6.07) is 3.57. The molecule has 0 fully saturated rings. The standard InChI is InChI=1S/C16H20FNO3S/c1-11(18-16(19)12-6-4-3-5-7-12)13-8-9-15(14(17)10-13)22(2,20)21/h3-4,8-12H,5-7H2,1-2H3,(H,18,19). The van der Waals surface area contributed by atoms with Crippen LogP contribution in [-0.2, 0) is 14.6 Å². The molecule has 6 heteroatoms. The van der Waals surface area contributed by atoms with E-state index < -0.39 is 15.7 Å². The van der Waals surface area contributed by atoms with Gasteiger partial charge in [0, 0.05) is 12.2 Å². The van der Waals surface area contributed by atoms with Crippen molar-refractivity contribution < 1.29 is 17.6 Å². The summed E-state index contributed by atoms with van der Waals surface area (Å²) in [6.07, 6.45) is 7.46. The maximum atomic E-state index is 13.9. The van der Waals surface area contributed by atoms with Crippen LogP contribution in [0.1, 0.15) is 37.8 Å². The van der Waals surface area contributed by atoms with Crippen LogP contribution in [0.3, 0.4) is 0 Å². The summed E-state index contributed by atoms with van der Waals surface area (Å²) in [5, 5.41) is 2.86. The highest BCUT2D eigenvalue weighted by Crippen LogP contribution is 2.22. The number of amides is 1. The molecule has 0 bridgehead atoms. The van der Waals surface area contributed by atoms with Crippen molar-refractivity contribution in [2.45, 2.75) is 37.1 Å². The van der Waals surface area contributed by atoms with Gasteiger partial charge in [0.25, 0.3) is 0 Å². The highest BCUT2D eigenvalue weighted by atomic mass is 32.2. The Kier molecular flexibility index (Phi) is 5.01. The average molecular weight is 325 g/mol. The Hall–Kier alpha value is -1.69. The summed E-state index contributed by atoms with van der Waals surface area (Å²) < 4.78 is 36.7. The molecule has 1 aliphatic rings. The van der Waals surface area contributed by atoms with Gasteiger partial charge < -0.3 is 5.32 Å². The number of hydrogen-bond acceptors (Lipinski definition) is 3. The highest BCUT2D eigenvalue weighted by Gasteiger charge is 2.21. The Labute approximate surface area is 130 Å². The van der Waals surface area contributed by atoms with Crippen LogP contribution in [0.5, 0.6) is 0 Å². The maximum Gasteiger partial charge on any atom is 0.223 e. The Balaban J connectivity index is 2.09.